The van der Waals surface area contributed by atoms with Crippen LogP contribution in [0.15, 0.2) is 22.7 Å². The second-order valence-electron chi connectivity index (χ2n) is 3.34. The minimum atomic E-state index is 0.315. The summed E-state index contributed by atoms with van der Waals surface area (Å²) in [6.45, 7) is 5.31. The van der Waals surface area contributed by atoms with Gasteiger partial charge in [0.05, 0.1) is 0 Å². The summed E-state index contributed by atoms with van der Waals surface area (Å²) in [4.78, 5) is 0. The topological polar surface area (TPSA) is 12.0 Å². The summed E-state index contributed by atoms with van der Waals surface area (Å²) in [6.07, 6.45) is 1.14. The molecule has 78 valence electrons. The summed E-state index contributed by atoms with van der Waals surface area (Å²) in [5.74, 6) is 0. The molecule has 0 fully saturated rings. The number of benzene rings is 1. The van der Waals surface area contributed by atoms with E-state index in [1.807, 2.05) is 12.1 Å². The van der Waals surface area contributed by atoms with E-state index in [4.69, 9.17) is 11.6 Å². The van der Waals surface area contributed by atoms with Gasteiger partial charge in [0.15, 0.2) is 0 Å². The molecule has 0 heterocycles. The van der Waals surface area contributed by atoms with Crippen molar-refractivity contribution in [2.75, 3.05) is 6.54 Å². The Morgan fingerprint density at radius 3 is 2.79 bits per heavy atom. The predicted octanol–water partition coefficient (Wildman–Crippen LogP) is 4.16. The first-order valence-electron chi connectivity index (χ1n) is 4.83. The van der Waals surface area contributed by atoms with Gasteiger partial charge in [-0.3, -0.25) is 0 Å². The molecule has 1 nitrogen and oxygen atoms in total. The Labute approximate surface area is 99.0 Å². The molecule has 0 aliphatic rings. The number of nitrogens with one attached hydrogen (secondary N) is 1. The minimum absolute atomic E-state index is 0.315. The standard InChI is InChI=1S/C11H15BrClN/c1-3-6-14-8(2)10-5-4-9(12)7-11(10)13/h4-5,7-8,14H,3,6H2,1-2H3. The molecule has 0 aliphatic carbocycles. The quantitative estimate of drug-likeness (QED) is 0.870. The van der Waals surface area contributed by atoms with Crippen molar-refractivity contribution < 1.29 is 0 Å². The van der Waals surface area contributed by atoms with E-state index in [9.17, 15) is 0 Å². The van der Waals surface area contributed by atoms with Crippen LogP contribution in [0.3, 0.4) is 0 Å². The lowest BCUT2D eigenvalue weighted by Crippen LogP contribution is -2.19. The lowest BCUT2D eigenvalue weighted by Gasteiger charge is -2.15. The summed E-state index contributed by atoms with van der Waals surface area (Å²) < 4.78 is 1.02. The summed E-state index contributed by atoms with van der Waals surface area (Å²) in [5, 5.41) is 4.22. The molecule has 1 atom stereocenters. The lowest BCUT2D eigenvalue weighted by atomic mass is 10.1. The molecule has 0 aliphatic heterocycles. The highest BCUT2D eigenvalue weighted by Crippen LogP contribution is 2.26. The average Bonchev–Trinajstić information content (AvgIpc) is 2.14. The normalized spacial score (nSPS) is 12.9. The molecule has 1 rings (SSSR count). The second-order valence-corrected chi connectivity index (χ2v) is 4.66. The molecule has 3 heteroatoms. The van der Waals surface area contributed by atoms with E-state index in [1.165, 1.54) is 0 Å². The van der Waals surface area contributed by atoms with Crippen molar-refractivity contribution in [1.29, 1.82) is 0 Å². The van der Waals surface area contributed by atoms with Crippen LogP contribution in [0.25, 0.3) is 0 Å². The maximum Gasteiger partial charge on any atom is 0.0464 e. The summed E-state index contributed by atoms with van der Waals surface area (Å²) in [5.41, 5.74) is 1.16. The van der Waals surface area contributed by atoms with Gasteiger partial charge in [0.25, 0.3) is 0 Å². The SMILES string of the molecule is CCCNC(C)c1ccc(Br)cc1Cl. The van der Waals surface area contributed by atoms with Crippen LogP contribution in [0.1, 0.15) is 31.9 Å². The third-order valence-electron chi connectivity index (χ3n) is 2.13. The van der Waals surface area contributed by atoms with E-state index in [0.29, 0.717) is 6.04 Å². The van der Waals surface area contributed by atoms with Gasteiger partial charge in [-0.05, 0) is 37.6 Å². The van der Waals surface area contributed by atoms with Crippen LogP contribution >= 0.6 is 27.5 Å². The highest BCUT2D eigenvalue weighted by molar-refractivity contribution is 9.10. The zero-order chi connectivity index (χ0) is 10.6. The molecule has 1 unspecified atom stereocenters. The van der Waals surface area contributed by atoms with Crippen molar-refractivity contribution >= 4 is 27.5 Å². The molecule has 0 radical (unpaired) electrons. The van der Waals surface area contributed by atoms with Gasteiger partial charge in [0.2, 0.25) is 0 Å². The van der Waals surface area contributed by atoms with E-state index in [2.05, 4.69) is 41.2 Å². The number of hydrogen-bond donors (Lipinski definition) is 1. The molecular formula is C11H15BrClN. The fourth-order valence-electron chi connectivity index (χ4n) is 1.32. The summed E-state index contributed by atoms with van der Waals surface area (Å²) in [7, 11) is 0. The van der Waals surface area contributed by atoms with E-state index in [0.717, 1.165) is 28.0 Å². The largest absolute Gasteiger partial charge is 0.310 e. The molecule has 0 bridgehead atoms. The Bertz CT molecular complexity index is 301. The van der Waals surface area contributed by atoms with Crippen LogP contribution in [-0.4, -0.2) is 6.54 Å². The van der Waals surface area contributed by atoms with Gasteiger partial charge in [0, 0.05) is 15.5 Å². The van der Waals surface area contributed by atoms with Gasteiger partial charge in [-0.25, -0.2) is 0 Å². The fraction of sp³-hybridized carbons (Fsp3) is 0.455. The van der Waals surface area contributed by atoms with Crippen LogP contribution < -0.4 is 5.32 Å². The first-order chi connectivity index (χ1) is 6.65. The van der Waals surface area contributed by atoms with Crippen molar-refractivity contribution in [2.45, 2.75) is 26.3 Å². The second kappa shape index (κ2) is 5.74. The molecule has 0 spiro atoms. The predicted molar refractivity (Wildman–Crippen MR) is 65.9 cm³/mol. The Morgan fingerprint density at radius 1 is 1.50 bits per heavy atom. The van der Waals surface area contributed by atoms with Crippen molar-refractivity contribution in [3.05, 3.63) is 33.3 Å². The third-order valence-corrected chi connectivity index (χ3v) is 2.95. The van der Waals surface area contributed by atoms with Crippen molar-refractivity contribution in [3.8, 4) is 0 Å². The molecule has 14 heavy (non-hydrogen) atoms. The molecule has 0 amide bonds. The molecule has 1 aromatic rings. The van der Waals surface area contributed by atoms with Crippen molar-refractivity contribution in [2.24, 2.45) is 0 Å². The third kappa shape index (κ3) is 3.26. The smallest absolute Gasteiger partial charge is 0.0464 e. The number of rotatable bonds is 4. The summed E-state index contributed by atoms with van der Waals surface area (Å²) in [6, 6.07) is 6.32. The molecular weight excluding hydrogens is 261 g/mol. The van der Waals surface area contributed by atoms with Gasteiger partial charge in [-0.1, -0.05) is 40.5 Å². The van der Waals surface area contributed by atoms with Crippen LogP contribution in [0, 0.1) is 0 Å². The van der Waals surface area contributed by atoms with Crippen LogP contribution in [0.4, 0.5) is 0 Å². The van der Waals surface area contributed by atoms with Gasteiger partial charge in [-0.15, -0.1) is 0 Å². The average molecular weight is 277 g/mol. The lowest BCUT2D eigenvalue weighted by molar-refractivity contribution is 0.571. The zero-order valence-corrected chi connectivity index (χ0v) is 10.8. The van der Waals surface area contributed by atoms with Crippen LogP contribution in [0.5, 0.6) is 0 Å². The monoisotopic (exact) mass is 275 g/mol. The van der Waals surface area contributed by atoms with E-state index in [1.54, 1.807) is 0 Å². The molecule has 0 saturated heterocycles. The summed E-state index contributed by atoms with van der Waals surface area (Å²) >= 11 is 9.53. The van der Waals surface area contributed by atoms with Gasteiger partial charge >= 0.3 is 0 Å². The number of halogens is 2. The van der Waals surface area contributed by atoms with E-state index in [-0.39, 0.29) is 0 Å². The van der Waals surface area contributed by atoms with Crippen molar-refractivity contribution in [1.82, 2.24) is 5.32 Å². The number of hydrogen-bond acceptors (Lipinski definition) is 1. The Morgan fingerprint density at radius 2 is 2.21 bits per heavy atom. The molecule has 0 aromatic heterocycles. The van der Waals surface area contributed by atoms with Gasteiger partial charge < -0.3 is 5.32 Å². The molecule has 0 saturated carbocycles. The maximum absolute atomic E-state index is 6.13. The Kier molecular flexibility index (Phi) is 4.93. The molecule has 1 aromatic carbocycles. The first-order valence-corrected chi connectivity index (χ1v) is 6.00. The first kappa shape index (κ1) is 12.0. The van der Waals surface area contributed by atoms with Gasteiger partial charge in [-0.2, -0.15) is 0 Å². The maximum atomic E-state index is 6.13. The van der Waals surface area contributed by atoms with Crippen LogP contribution in [-0.2, 0) is 0 Å². The highest BCUT2D eigenvalue weighted by atomic mass is 79.9. The van der Waals surface area contributed by atoms with Crippen molar-refractivity contribution in [3.63, 3.8) is 0 Å². The minimum Gasteiger partial charge on any atom is -0.310 e. The highest BCUT2D eigenvalue weighted by Gasteiger charge is 2.08. The Balaban J connectivity index is 2.74. The Hall–Kier alpha value is -0.0500. The van der Waals surface area contributed by atoms with Gasteiger partial charge in [0.1, 0.15) is 0 Å². The zero-order valence-electron chi connectivity index (χ0n) is 8.48. The van der Waals surface area contributed by atoms with Crippen LogP contribution in [0.2, 0.25) is 5.02 Å². The molecule has 1 N–H and O–H groups in total. The van der Waals surface area contributed by atoms with E-state index >= 15 is 0 Å². The fourth-order valence-corrected chi connectivity index (χ4v) is 2.16. The van der Waals surface area contributed by atoms with E-state index < -0.39 is 0 Å².